The molecule has 12 heteroatoms. The zero-order valence-corrected chi connectivity index (χ0v) is 25.9. The standard InChI is InChI=1S/C28H29Cl4N3O4S/c1-18(2)15-33-28(37)19(3)34(16-20-9-10-25(31)26(32)11-20)27(36)17-35(23-13-21(29)12-22(30)14-23)40(38,39)24-7-5-4-6-8-24/h4-14,18-19H,15-17H2,1-3H3,(H,33,37)/t19-/m0/s1. The number of halogens is 4. The second kappa shape index (κ2) is 13.9. The number of hydrogen-bond acceptors (Lipinski definition) is 4. The van der Waals surface area contributed by atoms with Crippen molar-refractivity contribution in [3.63, 3.8) is 0 Å². The van der Waals surface area contributed by atoms with E-state index in [4.69, 9.17) is 46.4 Å². The number of anilines is 1. The molecular weight excluding hydrogens is 616 g/mol. The summed E-state index contributed by atoms with van der Waals surface area (Å²) in [6, 6.07) is 15.9. The summed E-state index contributed by atoms with van der Waals surface area (Å²) in [5, 5.41) is 3.84. The van der Waals surface area contributed by atoms with Gasteiger partial charge < -0.3 is 10.2 Å². The topological polar surface area (TPSA) is 86.8 Å². The summed E-state index contributed by atoms with van der Waals surface area (Å²) >= 11 is 24.7. The van der Waals surface area contributed by atoms with Gasteiger partial charge in [-0.2, -0.15) is 0 Å². The first-order valence-corrected chi connectivity index (χ1v) is 15.3. The molecule has 214 valence electrons. The Morgan fingerprint density at radius 1 is 0.850 bits per heavy atom. The minimum absolute atomic E-state index is 0.0263. The molecule has 0 aliphatic carbocycles. The fraction of sp³-hybridized carbons (Fsp3) is 0.286. The van der Waals surface area contributed by atoms with Crippen LogP contribution in [0.5, 0.6) is 0 Å². The Morgan fingerprint density at radius 2 is 1.48 bits per heavy atom. The molecule has 40 heavy (non-hydrogen) atoms. The summed E-state index contributed by atoms with van der Waals surface area (Å²) in [7, 11) is -4.24. The molecule has 3 aromatic rings. The molecule has 2 amide bonds. The fourth-order valence-corrected chi connectivity index (χ4v) is 6.06. The van der Waals surface area contributed by atoms with Crippen molar-refractivity contribution in [2.45, 2.75) is 38.3 Å². The van der Waals surface area contributed by atoms with E-state index >= 15 is 0 Å². The molecule has 0 unspecified atom stereocenters. The molecule has 0 saturated carbocycles. The average molecular weight is 645 g/mol. The molecule has 0 spiro atoms. The Morgan fingerprint density at radius 3 is 2.05 bits per heavy atom. The largest absolute Gasteiger partial charge is 0.354 e. The maximum atomic E-state index is 13.9. The lowest BCUT2D eigenvalue weighted by molar-refractivity contribution is -0.139. The van der Waals surface area contributed by atoms with Gasteiger partial charge in [0.2, 0.25) is 11.8 Å². The first-order valence-electron chi connectivity index (χ1n) is 12.3. The van der Waals surface area contributed by atoms with Crippen LogP contribution in [0.25, 0.3) is 0 Å². The van der Waals surface area contributed by atoms with Gasteiger partial charge in [-0.05, 0) is 60.9 Å². The van der Waals surface area contributed by atoms with Crippen molar-refractivity contribution < 1.29 is 18.0 Å². The first-order chi connectivity index (χ1) is 18.8. The summed E-state index contributed by atoms with van der Waals surface area (Å²) in [6.45, 7) is 5.24. The van der Waals surface area contributed by atoms with E-state index in [1.165, 1.54) is 35.2 Å². The Labute approximate surface area is 255 Å². The molecule has 3 aromatic carbocycles. The Kier molecular flexibility index (Phi) is 11.1. The highest BCUT2D eigenvalue weighted by Gasteiger charge is 2.33. The number of nitrogens with zero attached hydrogens (tertiary/aromatic N) is 2. The van der Waals surface area contributed by atoms with Crippen molar-refractivity contribution in [3.05, 3.63) is 92.4 Å². The van der Waals surface area contributed by atoms with Crippen LogP contribution in [0.4, 0.5) is 5.69 Å². The fourth-order valence-electron chi connectivity index (χ4n) is 3.80. The highest BCUT2D eigenvalue weighted by molar-refractivity contribution is 7.92. The first kappa shape index (κ1) is 32.0. The summed E-state index contributed by atoms with van der Waals surface area (Å²) in [4.78, 5) is 28.2. The van der Waals surface area contributed by atoms with Crippen LogP contribution >= 0.6 is 46.4 Å². The van der Waals surface area contributed by atoms with Crippen molar-refractivity contribution in [2.24, 2.45) is 5.92 Å². The second-order valence-corrected chi connectivity index (χ2v) is 13.1. The summed E-state index contributed by atoms with van der Waals surface area (Å²) in [5.74, 6) is -0.825. The Hall–Kier alpha value is -2.49. The molecule has 3 rings (SSSR count). The van der Waals surface area contributed by atoms with Crippen LogP contribution in [-0.2, 0) is 26.2 Å². The van der Waals surface area contributed by atoms with E-state index in [0.29, 0.717) is 17.1 Å². The molecule has 0 saturated heterocycles. The summed E-state index contributed by atoms with van der Waals surface area (Å²) in [6.07, 6.45) is 0. The number of hydrogen-bond donors (Lipinski definition) is 1. The van der Waals surface area contributed by atoms with Gasteiger partial charge in [-0.3, -0.25) is 13.9 Å². The van der Waals surface area contributed by atoms with E-state index in [1.807, 2.05) is 13.8 Å². The lowest BCUT2D eigenvalue weighted by Gasteiger charge is -2.32. The van der Waals surface area contributed by atoms with Crippen molar-refractivity contribution in [2.75, 3.05) is 17.4 Å². The third-order valence-corrected chi connectivity index (χ3v) is 8.90. The molecular formula is C28H29Cl4N3O4S. The quantitative estimate of drug-likeness (QED) is 0.252. The van der Waals surface area contributed by atoms with E-state index in [2.05, 4.69) is 5.32 Å². The van der Waals surface area contributed by atoms with Gasteiger partial charge in [0, 0.05) is 23.1 Å². The minimum Gasteiger partial charge on any atom is -0.354 e. The van der Waals surface area contributed by atoms with Crippen LogP contribution in [0.2, 0.25) is 20.1 Å². The van der Waals surface area contributed by atoms with Crippen LogP contribution < -0.4 is 9.62 Å². The molecule has 0 fully saturated rings. The van der Waals surface area contributed by atoms with Gasteiger partial charge in [-0.1, -0.05) is 84.5 Å². The summed E-state index contributed by atoms with van der Waals surface area (Å²) in [5.41, 5.74) is 0.704. The van der Waals surface area contributed by atoms with Crippen LogP contribution in [0, 0.1) is 5.92 Å². The molecule has 0 aliphatic heterocycles. The maximum absolute atomic E-state index is 13.9. The van der Waals surface area contributed by atoms with E-state index in [1.54, 1.807) is 43.3 Å². The number of sulfonamides is 1. The van der Waals surface area contributed by atoms with Crippen molar-refractivity contribution in [1.82, 2.24) is 10.2 Å². The lowest BCUT2D eigenvalue weighted by Crippen LogP contribution is -2.51. The highest BCUT2D eigenvalue weighted by Crippen LogP contribution is 2.30. The van der Waals surface area contributed by atoms with Gasteiger partial charge >= 0.3 is 0 Å². The predicted molar refractivity (Wildman–Crippen MR) is 162 cm³/mol. The van der Waals surface area contributed by atoms with Gasteiger partial charge in [0.25, 0.3) is 10.0 Å². The average Bonchev–Trinajstić information content (AvgIpc) is 2.90. The number of benzene rings is 3. The van der Waals surface area contributed by atoms with Crippen molar-refractivity contribution in [3.8, 4) is 0 Å². The number of carbonyl (C=O) groups is 2. The van der Waals surface area contributed by atoms with E-state index in [-0.39, 0.29) is 44.0 Å². The Balaban J connectivity index is 2.05. The SMILES string of the molecule is CC(C)CNC(=O)[C@H](C)N(Cc1ccc(Cl)c(Cl)c1)C(=O)CN(c1cc(Cl)cc(Cl)c1)S(=O)(=O)c1ccccc1. The third kappa shape index (κ3) is 8.27. The normalized spacial score (nSPS) is 12.2. The molecule has 0 bridgehead atoms. The summed E-state index contributed by atoms with van der Waals surface area (Å²) < 4.78 is 28.5. The van der Waals surface area contributed by atoms with Crippen LogP contribution in [0.15, 0.2) is 71.6 Å². The van der Waals surface area contributed by atoms with Crippen molar-refractivity contribution in [1.29, 1.82) is 0 Å². The molecule has 0 heterocycles. The number of rotatable bonds is 11. The Bertz CT molecular complexity index is 1450. The molecule has 0 aromatic heterocycles. The number of nitrogens with one attached hydrogen (secondary N) is 1. The molecule has 0 radical (unpaired) electrons. The smallest absolute Gasteiger partial charge is 0.264 e. The monoisotopic (exact) mass is 643 g/mol. The molecule has 1 atom stereocenters. The molecule has 1 N–H and O–H groups in total. The van der Waals surface area contributed by atoms with Crippen LogP contribution in [-0.4, -0.2) is 44.3 Å². The van der Waals surface area contributed by atoms with Gasteiger partial charge in [0.05, 0.1) is 20.6 Å². The predicted octanol–water partition coefficient (Wildman–Crippen LogP) is 6.69. The molecule has 0 aliphatic rings. The number of amides is 2. The van der Waals surface area contributed by atoms with Gasteiger partial charge in [0.15, 0.2) is 0 Å². The van der Waals surface area contributed by atoms with E-state index < -0.39 is 28.5 Å². The van der Waals surface area contributed by atoms with Crippen LogP contribution in [0.3, 0.4) is 0 Å². The third-order valence-electron chi connectivity index (χ3n) is 5.93. The van der Waals surface area contributed by atoms with Crippen LogP contribution in [0.1, 0.15) is 26.3 Å². The second-order valence-electron chi connectivity index (χ2n) is 9.54. The zero-order valence-electron chi connectivity index (χ0n) is 22.1. The minimum atomic E-state index is -4.24. The van der Waals surface area contributed by atoms with Crippen molar-refractivity contribution >= 4 is 73.9 Å². The van der Waals surface area contributed by atoms with Gasteiger partial charge in [-0.25, -0.2) is 8.42 Å². The highest BCUT2D eigenvalue weighted by atomic mass is 35.5. The molecule has 7 nitrogen and oxygen atoms in total. The number of carbonyl (C=O) groups excluding carboxylic acids is 2. The van der Waals surface area contributed by atoms with Gasteiger partial charge in [-0.15, -0.1) is 0 Å². The van der Waals surface area contributed by atoms with Gasteiger partial charge in [0.1, 0.15) is 12.6 Å². The zero-order chi connectivity index (χ0) is 29.6. The van der Waals surface area contributed by atoms with E-state index in [9.17, 15) is 18.0 Å². The lowest BCUT2D eigenvalue weighted by atomic mass is 10.1. The maximum Gasteiger partial charge on any atom is 0.264 e. The van der Waals surface area contributed by atoms with E-state index in [0.717, 1.165) is 4.31 Å².